The normalized spacial score (nSPS) is 18.3. The molecule has 1 aromatic heterocycles. The van der Waals surface area contributed by atoms with Crippen molar-refractivity contribution in [2.24, 2.45) is 0 Å². The molecule has 104 valence electrons. The molecule has 1 unspecified atom stereocenters. The van der Waals surface area contributed by atoms with E-state index < -0.39 is 5.97 Å². The van der Waals surface area contributed by atoms with Gasteiger partial charge in [-0.3, -0.25) is 4.79 Å². The van der Waals surface area contributed by atoms with E-state index in [1.807, 2.05) is 11.8 Å². The smallest absolute Gasteiger partial charge is 0.367 e. The van der Waals surface area contributed by atoms with Gasteiger partial charge in [-0.15, -0.1) is 11.3 Å². The van der Waals surface area contributed by atoms with Gasteiger partial charge in [0.1, 0.15) is 5.69 Å². The summed E-state index contributed by atoms with van der Waals surface area (Å²) in [7, 11) is 1.79. The summed E-state index contributed by atoms with van der Waals surface area (Å²) in [6, 6.07) is 0.269. The van der Waals surface area contributed by atoms with Crippen LogP contribution >= 0.6 is 23.1 Å². The minimum absolute atomic E-state index is 0.126. The van der Waals surface area contributed by atoms with Crippen LogP contribution in [0.5, 0.6) is 0 Å². The van der Waals surface area contributed by atoms with Gasteiger partial charge >= 0.3 is 5.97 Å². The SMILES string of the molecule is CCOC(=O)c1nc(C(=O)N(C)C2CCSC2)cs1. The van der Waals surface area contributed by atoms with Gasteiger partial charge < -0.3 is 9.64 Å². The lowest BCUT2D eigenvalue weighted by Crippen LogP contribution is -2.37. The Hall–Kier alpha value is -1.08. The molecule has 1 fully saturated rings. The molecule has 5 nitrogen and oxygen atoms in total. The zero-order valence-corrected chi connectivity index (χ0v) is 12.6. The Morgan fingerprint density at radius 1 is 1.58 bits per heavy atom. The van der Waals surface area contributed by atoms with Crippen LogP contribution < -0.4 is 0 Å². The standard InChI is InChI=1S/C12H16N2O3S2/c1-3-17-12(16)10-13-9(7-19-10)11(15)14(2)8-4-5-18-6-8/h7-8H,3-6H2,1-2H3. The summed E-state index contributed by atoms with van der Waals surface area (Å²) in [5.74, 6) is 1.47. The quantitative estimate of drug-likeness (QED) is 0.795. The van der Waals surface area contributed by atoms with Crippen LogP contribution in [0.15, 0.2) is 5.38 Å². The molecule has 0 spiro atoms. The number of hydrogen-bond donors (Lipinski definition) is 0. The summed E-state index contributed by atoms with van der Waals surface area (Å²) in [5.41, 5.74) is 0.326. The Kier molecular flexibility index (Phi) is 4.81. The molecule has 1 atom stereocenters. The largest absolute Gasteiger partial charge is 0.461 e. The van der Waals surface area contributed by atoms with Crippen LogP contribution in [0.3, 0.4) is 0 Å². The number of hydrogen-bond acceptors (Lipinski definition) is 6. The molecule has 1 aliphatic rings. The molecule has 0 aliphatic carbocycles. The average Bonchev–Trinajstić information content (AvgIpc) is 3.08. The molecule has 0 aromatic carbocycles. The van der Waals surface area contributed by atoms with Crippen molar-refractivity contribution in [3.8, 4) is 0 Å². The fourth-order valence-electron chi connectivity index (χ4n) is 1.83. The lowest BCUT2D eigenvalue weighted by Gasteiger charge is -2.22. The van der Waals surface area contributed by atoms with Crippen LogP contribution in [0.2, 0.25) is 0 Å². The minimum Gasteiger partial charge on any atom is -0.461 e. The van der Waals surface area contributed by atoms with E-state index in [-0.39, 0.29) is 17.0 Å². The van der Waals surface area contributed by atoms with Gasteiger partial charge in [0.25, 0.3) is 5.91 Å². The van der Waals surface area contributed by atoms with Crippen molar-refractivity contribution in [1.82, 2.24) is 9.88 Å². The number of thiazole rings is 1. The van der Waals surface area contributed by atoms with Gasteiger partial charge in [0.05, 0.1) is 6.61 Å². The van der Waals surface area contributed by atoms with Crippen molar-refractivity contribution in [3.05, 3.63) is 16.1 Å². The maximum atomic E-state index is 12.2. The lowest BCUT2D eigenvalue weighted by molar-refractivity contribution is 0.0526. The Morgan fingerprint density at radius 2 is 2.37 bits per heavy atom. The van der Waals surface area contributed by atoms with Crippen molar-refractivity contribution in [1.29, 1.82) is 0 Å². The van der Waals surface area contributed by atoms with Crippen LogP contribution in [-0.2, 0) is 4.74 Å². The molecule has 0 radical (unpaired) electrons. The highest BCUT2D eigenvalue weighted by Crippen LogP contribution is 2.23. The number of rotatable bonds is 4. The Balaban J connectivity index is 2.05. The molecule has 0 saturated carbocycles. The van der Waals surface area contributed by atoms with Crippen molar-refractivity contribution < 1.29 is 14.3 Å². The molecule has 0 N–H and O–H groups in total. The number of esters is 1. The number of amides is 1. The van der Waals surface area contributed by atoms with E-state index in [1.165, 1.54) is 0 Å². The molecule has 1 amide bonds. The van der Waals surface area contributed by atoms with Gasteiger partial charge in [-0.2, -0.15) is 11.8 Å². The van der Waals surface area contributed by atoms with Crippen molar-refractivity contribution in [3.63, 3.8) is 0 Å². The van der Waals surface area contributed by atoms with Crippen molar-refractivity contribution in [2.75, 3.05) is 25.2 Å². The first kappa shape index (κ1) is 14.3. The van der Waals surface area contributed by atoms with E-state index in [4.69, 9.17) is 4.74 Å². The maximum Gasteiger partial charge on any atom is 0.367 e. The number of carbonyl (C=O) groups is 2. The second kappa shape index (κ2) is 6.38. The second-order valence-corrected chi connectivity index (χ2v) is 6.20. The van der Waals surface area contributed by atoms with E-state index in [0.717, 1.165) is 29.3 Å². The molecular formula is C12H16N2O3S2. The molecule has 1 saturated heterocycles. The monoisotopic (exact) mass is 300 g/mol. The highest BCUT2D eigenvalue weighted by Gasteiger charge is 2.26. The van der Waals surface area contributed by atoms with E-state index in [0.29, 0.717) is 12.3 Å². The van der Waals surface area contributed by atoms with Crippen LogP contribution in [0.1, 0.15) is 33.6 Å². The summed E-state index contributed by atoms with van der Waals surface area (Å²) >= 11 is 3.00. The van der Waals surface area contributed by atoms with Gasteiger partial charge in [0, 0.05) is 24.2 Å². The fourth-order valence-corrected chi connectivity index (χ4v) is 3.78. The summed E-state index contributed by atoms with van der Waals surface area (Å²) in [5, 5.41) is 1.85. The number of thioether (sulfide) groups is 1. The number of ether oxygens (including phenoxy) is 1. The number of nitrogens with zero attached hydrogens (tertiary/aromatic N) is 2. The van der Waals surface area contributed by atoms with Crippen LogP contribution in [0, 0.1) is 0 Å². The highest BCUT2D eigenvalue weighted by atomic mass is 32.2. The second-order valence-electron chi connectivity index (χ2n) is 4.19. The minimum atomic E-state index is -0.467. The topological polar surface area (TPSA) is 59.5 Å². The van der Waals surface area contributed by atoms with Gasteiger partial charge in [0.2, 0.25) is 5.01 Å². The Bertz CT molecular complexity index is 469. The molecule has 0 bridgehead atoms. The zero-order valence-electron chi connectivity index (χ0n) is 10.9. The van der Waals surface area contributed by atoms with Gasteiger partial charge in [-0.1, -0.05) is 0 Å². The zero-order chi connectivity index (χ0) is 13.8. The first-order valence-corrected chi connectivity index (χ1v) is 8.14. The van der Waals surface area contributed by atoms with Gasteiger partial charge in [-0.05, 0) is 19.1 Å². The first-order chi connectivity index (χ1) is 9.13. The average molecular weight is 300 g/mol. The predicted molar refractivity (Wildman–Crippen MR) is 75.9 cm³/mol. The van der Waals surface area contributed by atoms with E-state index in [1.54, 1.807) is 24.3 Å². The maximum absolute atomic E-state index is 12.2. The van der Waals surface area contributed by atoms with Crippen LogP contribution in [-0.4, -0.2) is 53.0 Å². The van der Waals surface area contributed by atoms with E-state index in [2.05, 4.69) is 4.98 Å². The van der Waals surface area contributed by atoms with Crippen molar-refractivity contribution >= 4 is 35.0 Å². The summed E-state index contributed by atoms with van der Waals surface area (Å²) in [4.78, 5) is 29.5. The van der Waals surface area contributed by atoms with E-state index in [9.17, 15) is 9.59 Å². The predicted octanol–water partition coefficient (Wildman–Crippen LogP) is 1.90. The van der Waals surface area contributed by atoms with Gasteiger partial charge in [0.15, 0.2) is 0 Å². The molecule has 1 aliphatic heterocycles. The summed E-state index contributed by atoms with van der Waals surface area (Å²) in [6.45, 7) is 2.05. The molecule has 19 heavy (non-hydrogen) atoms. The van der Waals surface area contributed by atoms with Crippen LogP contribution in [0.25, 0.3) is 0 Å². The molecule has 2 rings (SSSR count). The fraction of sp³-hybridized carbons (Fsp3) is 0.583. The van der Waals surface area contributed by atoms with Crippen LogP contribution in [0.4, 0.5) is 0 Å². The first-order valence-electron chi connectivity index (χ1n) is 6.11. The summed E-state index contributed by atoms with van der Waals surface area (Å²) < 4.78 is 4.86. The third-order valence-corrected chi connectivity index (χ3v) is 4.91. The Labute approximate surface area is 120 Å². The number of aromatic nitrogens is 1. The Morgan fingerprint density at radius 3 is 3.00 bits per heavy atom. The molecular weight excluding hydrogens is 284 g/mol. The lowest BCUT2D eigenvalue weighted by atomic mass is 10.2. The molecule has 7 heteroatoms. The van der Waals surface area contributed by atoms with Gasteiger partial charge in [-0.25, -0.2) is 9.78 Å². The third kappa shape index (κ3) is 3.27. The molecule has 2 heterocycles. The van der Waals surface area contributed by atoms with E-state index >= 15 is 0 Å². The third-order valence-electron chi connectivity index (χ3n) is 2.95. The highest BCUT2D eigenvalue weighted by molar-refractivity contribution is 7.99. The summed E-state index contributed by atoms with van der Waals surface area (Å²) in [6.07, 6.45) is 1.02. The van der Waals surface area contributed by atoms with Crippen molar-refractivity contribution in [2.45, 2.75) is 19.4 Å². The number of carbonyl (C=O) groups excluding carboxylic acids is 2. The molecule has 1 aromatic rings.